The van der Waals surface area contributed by atoms with Crippen molar-refractivity contribution in [2.45, 2.75) is 26.0 Å². The van der Waals surface area contributed by atoms with Gasteiger partial charge in [0.05, 0.1) is 18.4 Å². The number of hydrogen-bond acceptors (Lipinski definition) is 3. The molecule has 0 heterocycles. The van der Waals surface area contributed by atoms with Gasteiger partial charge in [-0.3, -0.25) is 0 Å². The first-order valence-electron chi connectivity index (χ1n) is 5.67. The summed E-state index contributed by atoms with van der Waals surface area (Å²) in [6, 6.07) is 4.78. The first-order valence-corrected chi connectivity index (χ1v) is 5.67. The molecule has 3 nitrogen and oxygen atoms in total. The molecule has 0 amide bonds. The molecule has 0 aliphatic heterocycles. The molecule has 17 heavy (non-hydrogen) atoms. The summed E-state index contributed by atoms with van der Waals surface area (Å²) in [7, 11) is 3.41. The van der Waals surface area contributed by atoms with E-state index in [0.29, 0.717) is 17.9 Å². The first kappa shape index (κ1) is 13.9. The van der Waals surface area contributed by atoms with Gasteiger partial charge in [-0.1, -0.05) is 12.1 Å². The number of anilines is 1. The van der Waals surface area contributed by atoms with Gasteiger partial charge in [0.1, 0.15) is 5.82 Å². The first-order chi connectivity index (χ1) is 7.99. The third-order valence-corrected chi connectivity index (χ3v) is 2.89. The Bertz CT molecular complexity index is 368. The molecule has 1 aromatic rings. The molecule has 1 aromatic carbocycles. The number of likely N-dealkylation sites (N-methyl/N-ethyl adjacent to an activating group) is 1. The van der Waals surface area contributed by atoms with E-state index in [9.17, 15) is 9.50 Å². The normalized spacial score (nSPS) is 14.5. The van der Waals surface area contributed by atoms with E-state index in [0.717, 1.165) is 0 Å². The molecular weight excluding hydrogens is 221 g/mol. The molecule has 0 radical (unpaired) electrons. The quantitative estimate of drug-likeness (QED) is 0.859. The lowest BCUT2D eigenvalue weighted by Crippen LogP contribution is -2.34. The number of nitrogens with zero attached hydrogens (tertiary/aromatic N) is 1. The zero-order chi connectivity index (χ0) is 13.0. The summed E-state index contributed by atoms with van der Waals surface area (Å²) in [6.07, 6.45) is -0.696. The lowest BCUT2D eigenvalue weighted by Gasteiger charge is -2.29. The molecule has 1 N–H and O–H groups in total. The Kier molecular flexibility index (Phi) is 4.90. The van der Waals surface area contributed by atoms with Crippen molar-refractivity contribution >= 4 is 5.69 Å². The minimum Gasteiger partial charge on any atom is -0.389 e. The minimum atomic E-state index is -0.696. The predicted octanol–water partition coefficient (Wildman–Crippen LogP) is 2.35. The average Bonchev–Trinajstić information content (AvgIpc) is 2.28. The van der Waals surface area contributed by atoms with Crippen molar-refractivity contribution in [1.29, 1.82) is 0 Å². The van der Waals surface area contributed by atoms with Crippen molar-refractivity contribution in [3.63, 3.8) is 0 Å². The summed E-state index contributed by atoms with van der Waals surface area (Å²) in [5.74, 6) is -0.325. The highest BCUT2D eigenvalue weighted by Crippen LogP contribution is 2.29. The molecular formula is C13H20FNO2. The van der Waals surface area contributed by atoms with Crippen LogP contribution in [0.25, 0.3) is 0 Å². The molecule has 0 bridgehead atoms. The van der Waals surface area contributed by atoms with Gasteiger partial charge in [0.15, 0.2) is 0 Å². The van der Waals surface area contributed by atoms with Crippen molar-refractivity contribution < 1.29 is 14.2 Å². The van der Waals surface area contributed by atoms with Crippen LogP contribution in [-0.2, 0) is 4.74 Å². The van der Waals surface area contributed by atoms with Gasteiger partial charge in [-0.2, -0.15) is 0 Å². The van der Waals surface area contributed by atoms with Gasteiger partial charge < -0.3 is 14.7 Å². The summed E-state index contributed by atoms with van der Waals surface area (Å²) in [6.45, 7) is 4.08. The van der Waals surface area contributed by atoms with Gasteiger partial charge in [0.25, 0.3) is 0 Å². The zero-order valence-electron chi connectivity index (χ0n) is 10.8. The maximum atomic E-state index is 13.9. The van der Waals surface area contributed by atoms with Crippen molar-refractivity contribution in [2.24, 2.45) is 0 Å². The zero-order valence-corrected chi connectivity index (χ0v) is 10.8. The Morgan fingerprint density at radius 2 is 2.06 bits per heavy atom. The molecule has 0 aliphatic carbocycles. The van der Waals surface area contributed by atoms with Crippen LogP contribution in [0.2, 0.25) is 0 Å². The van der Waals surface area contributed by atoms with Gasteiger partial charge in [-0.05, 0) is 19.9 Å². The van der Waals surface area contributed by atoms with Gasteiger partial charge in [-0.15, -0.1) is 0 Å². The maximum absolute atomic E-state index is 13.9. The largest absolute Gasteiger partial charge is 0.389 e. The lowest BCUT2D eigenvalue weighted by molar-refractivity contribution is 0.181. The molecule has 0 saturated heterocycles. The van der Waals surface area contributed by atoms with E-state index in [2.05, 4.69) is 0 Å². The number of halogens is 1. The Morgan fingerprint density at radius 1 is 1.41 bits per heavy atom. The molecule has 0 aliphatic rings. The van der Waals surface area contributed by atoms with Crippen molar-refractivity contribution in [3.05, 3.63) is 29.6 Å². The number of aliphatic hydroxyl groups excluding tert-OH is 1. The number of rotatable bonds is 5. The molecule has 2 atom stereocenters. The second-order valence-corrected chi connectivity index (χ2v) is 4.27. The number of aliphatic hydroxyl groups is 1. The highest BCUT2D eigenvalue weighted by Gasteiger charge is 2.19. The number of benzene rings is 1. The molecule has 0 saturated carbocycles. The van der Waals surface area contributed by atoms with Gasteiger partial charge in [-0.25, -0.2) is 4.39 Å². The Labute approximate surface area is 102 Å². The highest BCUT2D eigenvalue weighted by molar-refractivity contribution is 5.55. The molecule has 0 aromatic heterocycles. The van der Waals surface area contributed by atoms with Crippen LogP contribution in [-0.4, -0.2) is 31.9 Å². The SMILES string of the molecule is COCC(C)N(C)c1c(F)cccc1[C@H](C)O. The second kappa shape index (κ2) is 5.98. The van der Waals surface area contributed by atoms with Gasteiger partial charge in [0.2, 0.25) is 0 Å². The van der Waals surface area contributed by atoms with Crippen molar-refractivity contribution in [2.75, 3.05) is 25.7 Å². The van der Waals surface area contributed by atoms with Gasteiger partial charge in [0, 0.05) is 25.8 Å². The van der Waals surface area contributed by atoms with Crippen molar-refractivity contribution in [1.82, 2.24) is 0 Å². The Hall–Kier alpha value is -1.13. The summed E-state index contributed by atoms with van der Waals surface area (Å²) in [5, 5.41) is 9.66. The van der Waals surface area contributed by atoms with Crippen LogP contribution in [0.1, 0.15) is 25.5 Å². The van der Waals surface area contributed by atoms with Crippen LogP contribution >= 0.6 is 0 Å². The predicted molar refractivity (Wildman–Crippen MR) is 66.8 cm³/mol. The number of para-hydroxylation sites is 1. The van der Waals surface area contributed by atoms with E-state index in [1.54, 1.807) is 38.1 Å². The third-order valence-electron chi connectivity index (χ3n) is 2.89. The van der Waals surface area contributed by atoms with E-state index in [-0.39, 0.29) is 11.9 Å². The van der Waals surface area contributed by atoms with Crippen LogP contribution in [0.3, 0.4) is 0 Å². The number of methoxy groups -OCH3 is 1. The molecule has 96 valence electrons. The maximum Gasteiger partial charge on any atom is 0.146 e. The monoisotopic (exact) mass is 241 g/mol. The van der Waals surface area contributed by atoms with E-state index in [4.69, 9.17) is 4.74 Å². The lowest BCUT2D eigenvalue weighted by atomic mass is 10.1. The summed E-state index contributed by atoms with van der Waals surface area (Å²) in [4.78, 5) is 1.79. The van der Waals surface area contributed by atoms with Crippen molar-refractivity contribution in [3.8, 4) is 0 Å². The van der Waals surface area contributed by atoms with Crippen LogP contribution in [0, 0.1) is 5.82 Å². The fourth-order valence-electron chi connectivity index (χ4n) is 1.81. The van der Waals surface area contributed by atoms with Gasteiger partial charge >= 0.3 is 0 Å². The van der Waals surface area contributed by atoms with Crippen LogP contribution in [0.4, 0.5) is 10.1 Å². The standard InChI is InChI=1S/C13H20FNO2/c1-9(8-17-4)15(3)13-11(10(2)16)6-5-7-12(13)14/h5-7,9-10,16H,8H2,1-4H3/t9?,10-/m0/s1. The van der Waals surface area contributed by atoms with E-state index < -0.39 is 6.10 Å². The van der Waals surface area contributed by atoms with E-state index in [1.807, 2.05) is 6.92 Å². The number of hydrogen-bond donors (Lipinski definition) is 1. The molecule has 0 fully saturated rings. The highest BCUT2D eigenvalue weighted by atomic mass is 19.1. The fourth-order valence-corrected chi connectivity index (χ4v) is 1.81. The third kappa shape index (κ3) is 3.17. The molecule has 1 rings (SSSR count). The smallest absolute Gasteiger partial charge is 0.146 e. The number of ether oxygens (including phenoxy) is 1. The Morgan fingerprint density at radius 3 is 2.59 bits per heavy atom. The van der Waals surface area contributed by atoms with Crippen LogP contribution in [0.15, 0.2) is 18.2 Å². The summed E-state index contributed by atoms with van der Waals surface area (Å²) < 4.78 is 18.9. The fraction of sp³-hybridized carbons (Fsp3) is 0.538. The summed E-state index contributed by atoms with van der Waals surface area (Å²) >= 11 is 0. The molecule has 4 heteroatoms. The van der Waals surface area contributed by atoms with Crippen LogP contribution in [0.5, 0.6) is 0 Å². The molecule has 1 unspecified atom stereocenters. The van der Waals surface area contributed by atoms with E-state index >= 15 is 0 Å². The Balaban J connectivity index is 3.10. The molecule has 0 spiro atoms. The van der Waals surface area contributed by atoms with Crippen LogP contribution < -0.4 is 4.90 Å². The average molecular weight is 241 g/mol. The van der Waals surface area contributed by atoms with E-state index in [1.165, 1.54) is 6.07 Å². The second-order valence-electron chi connectivity index (χ2n) is 4.27. The minimum absolute atomic E-state index is 0.0365. The summed E-state index contributed by atoms with van der Waals surface area (Å²) in [5.41, 5.74) is 1.03. The topological polar surface area (TPSA) is 32.7 Å².